The number of carbonyl (C=O) groups excluding carboxylic acids is 1. The molecule has 8 atom stereocenters. The minimum atomic E-state index is -1.81. The zero-order valence-corrected chi connectivity index (χ0v) is 18.5. The molecule has 0 saturated carbocycles. The highest BCUT2D eigenvalue weighted by Gasteiger charge is 2.48. The minimum Gasteiger partial charge on any atom is -0.479 e. The summed E-state index contributed by atoms with van der Waals surface area (Å²) in [4.78, 5) is 29.7. The number of aliphatic carboxylic acids is 1. The fourth-order valence-electron chi connectivity index (χ4n) is 5.30. The van der Waals surface area contributed by atoms with Crippen molar-refractivity contribution >= 4 is 22.8 Å². The van der Waals surface area contributed by atoms with Gasteiger partial charge in [-0.05, 0) is 38.1 Å². The molecule has 1 aromatic heterocycles. The number of ether oxygens (including phenoxy) is 3. The van der Waals surface area contributed by atoms with E-state index in [0.29, 0.717) is 28.6 Å². The number of rotatable bonds is 5. The van der Waals surface area contributed by atoms with Crippen molar-refractivity contribution in [1.82, 2.24) is 9.88 Å². The van der Waals surface area contributed by atoms with Gasteiger partial charge in [-0.2, -0.15) is 0 Å². The molecule has 34 heavy (non-hydrogen) atoms. The summed E-state index contributed by atoms with van der Waals surface area (Å²) in [6.07, 6.45) is -3.30. The number of aliphatic hydroxyl groups excluding tert-OH is 3. The average Bonchev–Trinajstić information content (AvgIpc) is 3.30. The summed E-state index contributed by atoms with van der Waals surface area (Å²) >= 11 is 0. The van der Waals surface area contributed by atoms with Gasteiger partial charge < -0.3 is 44.5 Å². The summed E-state index contributed by atoms with van der Waals surface area (Å²) in [5.74, 6) is -1.77. The van der Waals surface area contributed by atoms with Gasteiger partial charge in [-0.25, -0.2) is 9.59 Å². The van der Waals surface area contributed by atoms with Crippen molar-refractivity contribution in [3.63, 3.8) is 0 Å². The van der Waals surface area contributed by atoms with Gasteiger partial charge >= 0.3 is 11.9 Å². The molecule has 0 radical (unpaired) electrons. The van der Waals surface area contributed by atoms with E-state index in [1.807, 2.05) is 0 Å². The second kappa shape index (κ2) is 8.82. The van der Waals surface area contributed by atoms with E-state index in [4.69, 9.17) is 14.2 Å². The molecule has 4 heterocycles. The number of aromatic nitrogens is 1. The molecule has 5 rings (SSSR count). The van der Waals surface area contributed by atoms with Gasteiger partial charge in [0.05, 0.1) is 5.56 Å². The molecule has 11 heteroatoms. The molecule has 11 nitrogen and oxygen atoms in total. The first kappa shape index (κ1) is 23.1. The third-order valence-corrected chi connectivity index (χ3v) is 7.27. The second-order valence-corrected chi connectivity index (χ2v) is 9.31. The van der Waals surface area contributed by atoms with Gasteiger partial charge in [-0.15, -0.1) is 0 Å². The summed E-state index contributed by atoms with van der Waals surface area (Å²) in [6, 6.07) is 5.62. The third kappa shape index (κ3) is 4.03. The molecule has 0 aliphatic carbocycles. The SMILES string of the molecule is CN1[C@@H]2CC[C@H]1CC(OC(=O)c1c[nH]c3ccc(O[C@@H]4O[C@H](C(=O)O)[C@@H](O)[C@H](O)[C@H]4O)cc13)C2. The number of benzene rings is 1. The molecule has 1 unspecified atom stereocenters. The monoisotopic (exact) mass is 476 g/mol. The van der Waals surface area contributed by atoms with Crippen LogP contribution in [-0.2, 0) is 14.3 Å². The summed E-state index contributed by atoms with van der Waals surface area (Å²) in [5.41, 5.74) is 0.988. The number of carboxylic acid groups (broad SMARTS) is 1. The average molecular weight is 476 g/mol. The van der Waals surface area contributed by atoms with Gasteiger partial charge in [0.2, 0.25) is 6.29 Å². The summed E-state index contributed by atoms with van der Waals surface area (Å²) < 4.78 is 16.6. The molecule has 0 amide bonds. The topological polar surface area (TPSA) is 162 Å². The van der Waals surface area contributed by atoms with Gasteiger partial charge in [0.15, 0.2) is 6.10 Å². The predicted octanol–water partition coefficient (Wildman–Crippen LogP) is 0.221. The van der Waals surface area contributed by atoms with Crippen molar-refractivity contribution in [3.05, 3.63) is 30.0 Å². The molecular weight excluding hydrogens is 448 g/mol. The maximum absolute atomic E-state index is 13.0. The Bertz CT molecular complexity index is 1070. The van der Waals surface area contributed by atoms with Crippen molar-refractivity contribution in [2.75, 3.05) is 7.05 Å². The quantitative estimate of drug-likeness (QED) is 0.378. The van der Waals surface area contributed by atoms with Crippen LogP contribution in [0.3, 0.4) is 0 Å². The van der Waals surface area contributed by atoms with E-state index < -0.39 is 42.6 Å². The van der Waals surface area contributed by atoms with E-state index in [2.05, 4.69) is 16.9 Å². The van der Waals surface area contributed by atoms with Crippen LogP contribution in [0, 0.1) is 0 Å². The number of nitrogens with zero attached hydrogens (tertiary/aromatic N) is 1. The fourth-order valence-corrected chi connectivity index (χ4v) is 5.30. The van der Waals surface area contributed by atoms with Crippen LogP contribution in [0.5, 0.6) is 5.75 Å². The molecule has 2 aromatic rings. The van der Waals surface area contributed by atoms with Crippen LogP contribution in [0.25, 0.3) is 10.9 Å². The molecule has 3 aliphatic rings. The number of fused-ring (bicyclic) bond motifs is 3. The number of piperidine rings is 1. The van der Waals surface area contributed by atoms with Gasteiger partial charge in [0.25, 0.3) is 0 Å². The van der Waals surface area contributed by atoms with E-state index in [-0.39, 0.29) is 11.9 Å². The lowest BCUT2D eigenvalue weighted by Gasteiger charge is -2.38. The van der Waals surface area contributed by atoms with Crippen molar-refractivity contribution in [3.8, 4) is 5.75 Å². The van der Waals surface area contributed by atoms with Crippen molar-refractivity contribution in [1.29, 1.82) is 0 Å². The lowest BCUT2D eigenvalue weighted by Crippen LogP contribution is -2.61. The molecular formula is C23H28N2O9. The Balaban J connectivity index is 1.32. The standard InChI is InChI=1S/C23H28N2O9/c1-25-10-2-3-11(25)7-13(6-10)32-22(31)15-9-24-16-5-4-12(8-14(15)16)33-23-19(28)17(26)18(27)20(34-23)21(29)30/h4-5,8-11,13,17-20,23-24,26-28H,2-3,6-7H2,1H3,(H,29,30)/t10-,11+,13?,17-,18-,19+,20-,23+/m0/s1. The number of aliphatic hydroxyl groups is 3. The molecule has 3 aliphatic heterocycles. The van der Waals surface area contributed by atoms with Crippen LogP contribution in [-0.4, -0.2) is 98.2 Å². The number of H-pyrrole nitrogens is 1. The fraction of sp³-hybridized carbons (Fsp3) is 0.565. The van der Waals surface area contributed by atoms with Crippen LogP contribution in [0.1, 0.15) is 36.0 Å². The zero-order chi connectivity index (χ0) is 24.1. The van der Waals surface area contributed by atoms with Crippen LogP contribution in [0.15, 0.2) is 24.4 Å². The molecule has 3 saturated heterocycles. The molecule has 3 fully saturated rings. The lowest BCUT2D eigenvalue weighted by atomic mass is 9.99. The first-order valence-corrected chi connectivity index (χ1v) is 11.4. The molecule has 2 bridgehead atoms. The zero-order valence-electron chi connectivity index (χ0n) is 18.5. The normalized spacial score (nSPS) is 35.9. The predicted molar refractivity (Wildman–Crippen MR) is 116 cm³/mol. The van der Waals surface area contributed by atoms with Crippen LogP contribution in [0.4, 0.5) is 0 Å². The van der Waals surface area contributed by atoms with E-state index in [1.165, 1.54) is 0 Å². The smallest absolute Gasteiger partial charge is 0.340 e. The van der Waals surface area contributed by atoms with Gasteiger partial charge in [0.1, 0.15) is 30.2 Å². The number of carboxylic acids is 1. The Morgan fingerprint density at radius 3 is 2.47 bits per heavy atom. The molecule has 1 aromatic carbocycles. The third-order valence-electron chi connectivity index (χ3n) is 7.27. The molecule has 184 valence electrons. The summed E-state index contributed by atoms with van der Waals surface area (Å²) in [5, 5.41) is 39.7. The van der Waals surface area contributed by atoms with E-state index >= 15 is 0 Å². The first-order valence-electron chi connectivity index (χ1n) is 11.4. The highest BCUT2D eigenvalue weighted by atomic mass is 16.7. The minimum absolute atomic E-state index is 0.141. The van der Waals surface area contributed by atoms with Crippen molar-refractivity contribution in [2.24, 2.45) is 0 Å². The Hall–Kier alpha value is -2.70. The second-order valence-electron chi connectivity index (χ2n) is 9.31. The largest absolute Gasteiger partial charge is 0.479 e. The van der Waals surface area contributed by atoms with Crippen LogP contribution >= 0.6 is 0 Å². The number of esters is 1. The number of carbonyl (C=O) groups is 2. The summed E-state index contributed by atoms with van der Waals surface area (Å²) in [7, 11) is 2.12. The number of aromatic amines is 1. The first-order chi connectivity index (χ1) is 16.2. The lowest BCUT2D eigenvalue weighted by molar-refractivity contribution is -0.271. The van der Waals surface area contributed by atoms with E-state index in [0.717, 1.165) is 25.7 Å². The van der Waals surface area contributed by atoms with Gasteiger partial charge in [0, 0.05) is 42.0 Å². The number of hydrogen-bond acceptors (Lipinski definition) is 9. The summed E-state index contributed by atoms with van der Waals surface area (Å²) in [6.45, 7) is 0. The Kier molecular flexibility index (Phi) is 5.98. The highest BCUT2D eigenvalue weighted by molar-refractivity contribution is 6.04. The molecule has 5 N–H and O–H groups in total. The van der Waals surface area contributed by atoms with Gasteiger partial charge in [-0.3, -0.25) is 0 Å². The van der Waals surface area contributed by atoms with Crippen LogP contribution in [0.2, 0.25) is 0 Å². The van der Waals surface area contributed by atoms with Crippen molar-refractivity contribution < 1.29 is 44.2 Å². The van der Waals surface area contributed by atoms with Crippen molar-refractivity contribution in [2.45, 2.75) is 74.6 Å². The molecule has 0 spiro atoms. The number of nitrogens with one attached hydrogen (secondary N) is 1. The highest BCUT2D eigenvalue weighted by Crippen LogP contribution is 2.36. The Labute approximate surface area is 194 Å². The van der Waals surface area contributed by atoms with Gasteiger partial charge in [-0.1, -0.05) is 0 Å². The van der Waals surface area contributed by atoms with Crippen LogP contribution < -0.4 is 4.74 Å². The maximum atomic E-state index is 13.0. The number of hydrogen-bond donors (Lipinski definition) is 5. The Morgan fingerprint density at radius 2 is 1.79 bits per heavy atom. The van der Waals surface area contributed by atoms with E-state index in [1.54, 1.807) is 24.4 Å². The Morgan fingerprint density at radius 1 is 1.09 bits per heavy atom. The maximum Gasteiger partial charge on any atom is 0.340 e. The van der Waals surface area contributed by atoms with E-state index in [9.17, 15) is 30.0 Å².